The van der Waals surface area contributed by atoms with Crippen molar-refractivity contribution in [3.63, 3.8) is 0 Å². The van der Waals surface area contributed by atoms with E-state index in [0.717, 1.165) is 39.2 Å². The quantitative estimate of drug-likeness (QED) is 0.775. The van der Waals surface area contributed by atoms with Gasteiger partial charge in [-0.05, 0) is 18.9 Å². The Bertz CT molecular complexity index is 395. The zero-order chi connectivity index (χ0) is 13.7. The molecule has 1 N–H and O–H groups in total. The van der Waals surface area contributed by atoms with Crippen molar-refractivity contribution >= 4 is 5.91 Å². The minimum atomic E-state index is -0.104. The molecule has 2 rings (SSSR count). The van der Waals surface area contributed by atoms with Gasteiger partial charge in [-0.25, -0.2) is 4.98 Å². The van der Waals surface area contributed by atoms with Crippen LogP contribution in [0.3, 0.4) is 0 Å². The van der Waals surface area contributed by atoms with Crippen molar-refractivity contribution in [2.75, 3.05) is 46.9 Å². The van der Waals surface area contributed by atoms with E-state index in [-0.39, 0.29) is 5.91 Å². The highest BCUT2D eigenvalue weighted by molar-refractivity contribution is 5.90. The van der Waals surface area contributed by atoms with E-state index >= 15 is 0 Å². The molecule has 1 aliphatic rings. The first-order valence-corrected chi connectivity index (χ1v) is 6.53. The van der Waals surface area contributed by atoms with Crippen LogP contribution in [0.2, 0.25) is 0 Å². The number of hydrogen-bond donors (Lipinski definition) is 1. The van der Waals surface area contributed by atoms with E-state index in [1.165, 1.54) is 6.33 Å². The maximum atomic E-state index is 12.0. The second-order valence-corrected chi connectivity index (χ2v) is 4.97. The fourth-order valence-electron chi connectivity index (χ4n) is 2.44. The zero-order valence-electron chi connectivity index (χ0n) is 11.5. The number of aromatic amines is 1. The third kappa shape index (κ3) is 3.74. The number of methoxy groups -OCH3 is 1. The van der Waals surface area contributed by atoms with Crippen LogP contribution < -0.4 is 0 Å². The lowest BCUT2D eigenvalue weighted by molar-refractivity contribution is 0.0760. The summed E-state index contributed by atoms with van der Waals surface area (Å²) in [7, 11) is 3.53. The third-order valence-corrected chi connectivity index (χ3v) is 3.48. The van der Waals surface area contributed by atoms with Gasteiger partial charge in [0.1, 0.15) is 6.33 Å². The van der Waals surface area contributed by atoms with Crippen LogP contribution in [0.5, 0.6) is 0 Å². The summed E-state index contributed by atoms with van der Waals surface area (Å²) in [6.45, 7) is 4.59. The lowest BCUT2D eigenvalue weighted by atomic mass is 10.1. The number of nitrogens with one attached hydrogen (secondary N) is 1. The van der Waals surface area contributed by atoms with E-state index in [0.29, 0.717) is 11.7 Å². The maximum Gasteiger partial charge on any atom is 0.290 e. The van der Waals surface area contributed by atoms with Crippen molar-refractivity contribution in [3.05, 3.63) is 12.2 Å². The van der Waals surface area contributed by atoms with Crippen molar-refractivity contribution in [3.8, 4) is 0 Å². The van der Waals surface area contributed by atoms with E-state index in [4.69, 9.17) is 4.74 Å². The van der Waals surface area contributed by atoms with Gasteiger partial charge in [-0.2, -0.15) is 5.10 Å². The third-order valence-electron chi connectivity index (χ3n) is 3.48. The summed E-state index contributed by atoms with van der Waals surface area (Å²) >= 11 is 0. The molecule has 1 aromatic heterocycles. The fraction of sp³-hybridized carbons (Fsp3) is 0.750. The molecule has 1 saturated heterocycles. The predicted octanol–water partition coefficient (Wildman–Crippen LogP) is -0.155. The zero-order valence-corrected chi connectivity index (χ0v) is 11.5. The average Bonchev–Trinajstić information content (AvgIpc) is 3.06. The number of H-pyrrole nitrogens is 1. The van der Waals surface area contributed by atoms with E-state index in [9.17, 15) is 4.79 Å². The Labute approximate surface area is 112 Å². The highest BCUT2D eigenvalue weighted by Gasteiger charge is 2.25. The molecule has 2 heterocycles. The first kappa shape index (κ1) is 14.0. The molecule has 1 unspecified atom stereocenters. The monoisotopic (exact) mass is 267 g/mol. The van der Waals surface area contributed by atoms with Crippen LogP contribution in [0.25, 0.3) is 0 Å². The summed E-state index contributed by atoms with van der Waals surface area (Å²) in [6.07, 6.45) is 2.47. The minimum absolute atomic E-state index is 0.104. The van der Waals surface area contributed by atoms with Gasteiger partial charge in [0.05, 0.1) is 6.61 Å². The molecule has 0 bridgehead atoms. The summed E-state index contributed by atoms with van der Waals surface area (Å²) in [6, 6.07) is 0. The Balaban J connectivity index is 1.77. The number of rotatable bonds is 6. The minimum Gasteiger partial charge on any atom is -0.383 e. The topological polar surface area (TPSA) is 74.3 Å². The summed E-state index contributed by atoms with van der Waals surface area (Å²) in [5, 5.41) is 6.30. The van der Waals surface area contributed by atoms with Crippen LogP contribution in [-0.4, -0.2) is 77.8 Å². The maximum absolute atomic E-state index is 12.0. The summed E-state index contributed by atoms with van der Waals surface area (Å²) < 4.78 is 5.08. The number of nitrogens with zero attached hydrogens (tertiary/aromatic N) is 4. The van der Waals surface area contributed by atoms with Gasteiger partial charge in [0, 0.05) is 33.8 Å². The largest absolute Gasteiger partial charge is 0.383 e. The first-order chi connectivity index (χ1) is 9.20. The van der Waals surface area contributed by atoms with E-state index in [1.54, 1.807) is 12.0 Å². The van der Waals surface area contributed by atoms with Crippen molar-refractivity contribution in [1.82, 2.24) is 25.0 Å². The molecule has 1 fully saturated rings. The van der Waals surface area contributed by atoms with Crippen LogP contribution in [-0.2, 0) is 4.74 Å². The van der Waals surface area contributed by atoms with E-state index in [2.05, 4.69) is 20.1 Å². The van der Waals surface area contributed by atoms with Gasteiger partial charge >= 0.3 is 0 Å². The summed E-state index contributed by atoms with van der Waals surface area (Å²) in [4.78, 5) is 20.0. The smallest absolute Gasteiger partial charge is 0.290 e. The van der Waals surface area contributed by atoms with Gasteiger partial charge in [-0.15, -0.1) is 0 Å². The van der Waals surface area contributed by atoms with Crippen LogP contribution in [0, 0.1) is 5.92 Å². The van der Waals surface area contributed by atoms with E-state index < -0.39 is 0 Å². The molecular weight excluding hydrogens is 246 g/mol. The molecular formula is C12H21N5O2. The Morgan fingerprint density at radius 2 is 2.53 bits per heavy atom. The Morgan fingerprint density at radius 3 is 3.21 bits per heavy atom. The Hall–Kier alpha value is -1.47. The molecule has 1 amide bonds. The van der Waals surface area contributed by atoms with Gasteiger partial charge in [0.15, 0.2) is 0 Å². The van der Waals surface area contributed by atoms with Gasteiger partial charge < -0.3 is 14.5 Å². The highest BCUT2D eigenvalue weighted by atomic mass is 16.5. The molecule has 19 heavy (non-hydrogen) atoms. The molecule has 106 valence electrons. The lowest BCUT2D eigenvalue weighted by Gasteiger charge is -2.20. The van der Waals surface area contributed by atoms with Gasteiger partial charge in [0.25, 0.3) is 5.91 Å². The lowest BCUT2D eigenvalue weighted by Crippen LogP contribution is -2.34. The summed E-state index contributed by atoms with van der Waals surface area (Å²) in [5.41, 5.74) is 0. The molecule has 1 atom stereocenters. The normalized spacial score (nSPS) is 19.8. The number of hydrogen-bond acceptors (Lipinski definition) is 5. The number of aromatic nitrogens is 3. The average molecular weight is 267 g/mol. The second-order valence-electron chi connectivity index (χ2n) is 4.97. The first-order valence-electron chi connectivity index (χ1n) is 6.53. The van der Waals surface area contributed by atoms with Crippen LogP contribution in [0.15, 0.2) is 6.33 Å². The van der Waals surface area contributed by atoms with Crippen LogP contribution >= 0.6 is 0 Å². The van der Waals surface area contributed by atoms with Crippen LogP contribution in [0.4, 0.5) is 0 Å². The molecule has 7 heteroatoms. The SMILES string of the molecule is COCCN1CCC(CN(C)C(=O)c2ncn[nH]2)C1. The Kier molecular flexibility index (Phi) is 4.86. The molecule has 7 nitrogen and oxygen atoms in total. The van der Waals surface area contributed by atoms with Crippen molar-refractivity contribution in [1.29, 1.82) is 0 Å². The molecule has 1 aliphatic heterocycles. The van der Waals surface area contributed by atoms with Gasteiger partial charge in [-0.1, -0.05) is 0 Å². The van der Waals surface area contributed by atoms with Crippen LogP contribution in [0.1, 0.15) is 17.0 Å². The highest BCUT2D eigenvalue weighted by Crippen LogP contribution is 2.17. The van der Waals surface area contributed by atoms with Crippen molar-refractivity contribution in [2.45, 2.75) is 6.42 Å². The van der Waals surface area contributed by atoms with Gasteiger partial charge in [0.2, 0.25) is 5.82 Å². The Morgan fingerprint density at radius 1 is 1.68 bits per heavy atom. The second kappa shape index (κ2) is 6.63. The molecule has 0 aliphatic carbocycles. The van der Waals surface area contributed by atoms with Crippen molar-refractivity contribution in [2.24, 2.45) is 5.92 Å². The molecule has 0 aromatic carbocycles. The number of amides is 1. The van der Waals surface area contributed by atoms with Gasteiger partial charge in [-0.3, -0.25) is 9.89 Å². The number of ether oxygens (including phenoxy) is 1. The fourth-order valence-corrected chi connectivity index (χ4v) is 2.44. The molecule has 0 spiro atoms. The molecule has 0 saturated carbocycles. The molecule has 1 aromatic rings. The number of likely N-dealkylation sites (tertiary alicyclic amines) is 1. The number of carbonyl (C=O) groups excluding carboxylic acids is 1. The standard InChI is InChI=1S/C12H21N5O2/c1-16(12(18)11-13-9-14-15-11)7-10-3-4-17(8-10)5-6-19-2/h9-10H,3-8H2,1-2H3,(H,13,14,15). The molecule has 0 radical (unpaired) electrons. The van der Waals surface area contributed by atoms with Crippen molar-refractivity contribution < 1.29 is 9.53 Å². The predicted molar refractivity (Wildman–Crippen MR) is 69.8 cm³/mol. The summed E-state index contributed by atoms with van der Waals surface area (Å²) in [5.74, 6) is 0.721. The van der Waals surface area contributed by atoms with E-state index in [1.807, 2.05) is 7.05 Å². The number of carbonyl (C=O) groups is 1.